The van der Waals surface area contributed by atoms with Gasteiger partial charge in [0.25, 0.3) is 0 Å². The second kappa shape index (κ2) is 9.59. The number of aromatic nitrogens is 2. The van der Waals surface area contributed by atoms with Crippen LogP contribution in [0.1, 0.15) is 38.3 Å². The van der Waals surface area contributed by atoms with E-state index in [0.29, 0.717) is 53.0 Å². The quantitative estimate of drug-likeness (QED) is 0.638. The van der Waals surface area contributed by atoms with Crippen LogP contribution >= 0.6 is 34.8 Å². The number of halogens is 3. The average molecular weight is 498 g/mol. The summed E-state index contributed by atoms with van der Waals surface area (Å²) in [6, 6.07) is 5.27. The number of amides is 1. The largest absolute Gasteiger partial charge is 0.362 e. The van der Waals surface area contributed by atoms with Crippen molar-refractivity contribution in [3.05, 3.63) is 45.0 Å². The van der Waals surface area contributed by atoms with Crippen molar-refractivity contribution in [3.63, 3.8) is 0 Å². The Morgan fingerprint density at radius 3 is 2.59 bits per heavy atom. The first-order valence-electron chi connectivity index (χ1n) is 10.8. The molecule has 1 aromatic carbocycles. The molecule has 4 rings (SSSR count). The maximum Gasteiger partial charge on any atom is 0.242 e. The van der Waals surface area contributed by atoms with Crippen LogP contribution in [0.25, 0.3) is 0 Å². The van der Waals surface area contributed by atoms with Gasteiger partial charge < -0.3 is 20.4 Å². The molecule has 2 N–H and O–H groups in total. The van der Waals surface area contributed by atoms with E-state index in [0.717, 1.165) is 24.9 Å². The highest BCUT2D eigenvalue weighted by molar-refractivity contribution is 6.35. The molecule has 0 radical (unpaired) electrons. The lowest BCUT2D eigenvalue weighted by Crippen LogP contribution is -2.58. The first kappa shape index (κ1) is 23.4. The number of anilines is 2. The Hall–Kier alpha value is -1.80. The third kappa shape index (κ3) is 4.91. The van der Waals surface area contributed by atoms with E-state index < -0.39 is 5.54 Å². The summed E-state index contributed by atoms with van der Waals surface area (Å²) in [7, 11) is 0. The number of nitrogens with one attached hydrogen (secondary N) is 2. The van der Waals surface area contributed by atoms with Crippen LogP contribution in [-0.4, -0.2) is 59.0 Å². The second-order valence-corrected chi connectivity index (χ2v) is 9.79. The zero-order chi connectivity index (χ0) is 22.9. The fourth-order valence-corrected chi connectivity index (χ4v) is 5.00. The van der Waals surface area contributed by atoms with Crippen molar-refractivity contribution in [2.24, 2.45) is 0 Å². The summed E-state index contributed by atoms with van der Waals surface area (Å²) in [5.74, 6) is 1.31. The Bertz CT molecular complexity index is 990. The molecule has 0 aliphatic carbocycles. The Morgan fingerprint density at radius 1 is 1.19 bits per heavy atom. The van der Waals surface area contributed by atoms with Crippen LogP contribution in [0.4, 0.5) is 11.8 Å². The Kier molecular flexibility index (Phi) is 7.00. The van der Waals surface area contributed by atoms with Crippen LogP contribution in [-0.2, 0) is 4.79 Å². The van der Waals surface area contributed by atoms with E-state index >= 15 is 0 Å². The summed E-state index contributed by atoms with van der Waals surface area (Å²) in [6.07, 6.45) is 3.52. The summed E-state index contributed by atoms with van der Waals surface area (Å²) in [5, 5.41) is 8.28. The molecule has 2 aromatic rings. The molecular weight excluding hydrogens is 471 g/mol. The number of carbonyl (C=O) groups is 1. The van der Waals surface area contributed by atoms with Gasteiger partial charge in [0.15, 0.2) is 5.82 Å². The number of benzene rings is 1. The number of nitrogens with zero attached hydrogens (tertiary/aromatic N) is 4. The normalized spacial score (nSPS) is 22.2. The lowest BCUT2D eigenvalue weighted by molar-refractivity contribution is -0.137. The molecule has 172 valence electrons. The average Bonchev–Trinajstić information content (AvgIpc) is 3.22. The fourth-order valence-electron chi connectivity index (χ4n) is 4.28. The van der Waals surface area contributed by atoms with Crippen LogP contribution in [0, 0.1) is 0 Å². The second-order valence-electron chi connectivity index (χ2n) is 8.54. The number of piperazine rings is 1. The molecule has 2 saturated heterocycles. The Morgan fingerprint density at radius 2 is 1.94 bits per heavy atom. The molecule has 0 spiro atoms. The molecule has 7 nitrogen and oxygen atoms in total. The molecule has 3 heterocycles. The van der Waals surface area contributed by atoms with Gasteiger partial charge in [0.05, 0.1) is 17.8 Å². The maximum absolute atomic E-state index is 12.9. The maximum atomic E-state index is 12.9. The zero-order valence-corrected chi connectivity index (χ0v) is 20.4. The minimum absolute atomic E-state index is 0.130. The van der Waals surface area contributed by atoms with Gasteiger partial charge in [0, 0.05) is 36.2 Å². The monoisotopic (exact) mass is 496 g/mol. The highest BCUT2D eigenvalue weighted by atomic mass is 35.5. The van der Waals surface area contributed by atoms with Crippen molar-refractivity contribution >= 4 is 52.5 Å². The van der Waals surface area contributed by atoms with Crippen molar-refractivity contribution in [2.75, 3.05) is 42.9 Å². The molecule has 2 aliphatic heterocycles. The summed E-state index contributed by atoms with van der Waals surface area (Å²) in [4.78, 5) is 26.0. The van der Waals surface area contributed by atoms with Gasteiger partial charge in [-0.2, -0.15) is 4.98 Å². The third-order valence-electron chi connectivity index (χ3n) is 6.20. The number of carbonyl (C=O) groups excluding carboxylic acids is 1. The lowest BCUT2D eigenvalue weighted by Gasteiger charge is -2.38. The molecular formula is C22H27Cl3N6O. The zero-order valence-electron chi connectivity index (χ0n) is 18.2. The smallest absolute Gasteiger partial charge is 0.242 e. The first-order chi connectivity index (χ1) is 15.3. The number of hydrogen-bond donors (Lipinski definition) is 2. The van der Waals surface area contributed by atoms with Crippen molar-refractivity contribution in [1.29, 1.82) is 0 Å². The van der Waals surface area contributed by atoms with Gasteiger partial charge in [-0.25, -0.2) is 4.98 Å². The highest BCUT2D eigenvalue weighted by Crippen LogP contribution is 2.31. The lowest BCUT2D eigenvalue weighted by atomic mass is 9.98. The van der Waals surface area contributed by atoms with Gasteiger partial charge in [-0.1, -0.05) is 40.9 Å². The predicted octanol–water partition coefficient (Wildman–Crippen LogP) is 4.40. The fraction of sp³-hybridized carbons (Fsp3) is 0.500. The van der Waals surface area contributed by atoms with Gasteiger partial charge in [-0.3, -0.25) is 4.79 Å². The van der Waals surface area contributed by atoms with Gasteiger partial charge in [0.1, 0.15) is 5.02 Å². The van der Waals surface area contributed by atoms with Crippen LogP contribution < -0.4 is 15.5 Å². The van der Waals surface area contributed by atoms with E-state index in [1.807, 2.05) is 24.8 Å². The van der Waals surface area contributed by atoms with E-state index in [-0.39, 0.29) is 11.9 Å². The Balaban J connectivity index is 1.42. The molecule has 0 bridgehead atoms. The van der Waals surface area contributed by atoms with Gasteiger partial charge in [0.2, 0.25) is 11.9 Å². The van der Waals surface area contributed by atoms with Crippen LogP contribution in [0.15, 0.2) is 24.4 Å². The summed E-state index contributed by atoms with van der Waals surface area (Å²) < 4.78 is 0. The number of rotatable bonds is 5. The highest BCUT2D eigenvalue weighted by Gasteiger charge is 2.39. The van der Waals surface area contributed by atoms with E-state index in [9.17, 15) is 4.79 Å². The molecule has 32 heavy (non-hydrogen) atoms. The van der Waals surface area contributed by atoms with Gasteiger partial charge in [-0.05, 0) is 50.9 Å². The summed E-state index contributed by atoms with van der Waals surface area (Å²) in [6.45, 7) is 7.50. The topological polar surface area (TPSA) is 73.4 Å². The first-order valence-corrected chi connectivity index (χ1v) is 11.9. The Labute approximate surface area is 203 Å². The molecule has 10 heteroatoms. The molecule has 2 aliphatic rings. The SMILES string of the molecule is C[C@@H](Nc1nc(N2CCN(C(=O)[C@]3(C)CCCN3)CC2)ncc1Cl)c1ccc(Cl)cc1Cl. The summed E-state index contributed by atoms with van der Waals surface area (Å²) >= 11 is 18.7. The van der Waals surface area contributed by atoms with Crippen molar-refractivity contribution in [2.45, 2.75) is 38.3 Å². The molecule has 1 aromatic heterocycles. The van der Waals surface area contributed by atoms with Crippen molar-refractivity contribution in [3.8, 4) is 0 Å². The standard InChI is InChI=1S/C22H27Cl3N6O/c1-14(16-5-4-15(23)12-17(16)24)28-19-18(25)13-26-21(29-19)31-10-8-30(9-11-31)20(32)22(2)6-3-7-27-22/h4-5,12-14,27H,3,6-11H2,1-2H3,(H,26,28,29)/t14-,22+/m1/s1. The van der Waals surface area contributed by atoms with E-state index in [1.165, 1.54) is 0 Å². The van der Waals surface area contributed by atoms with Gasteiger partial charge >= 0.3 is 0 Å². The molecule has 2 fully saturated rings. The molecule has 1 amide bonds. The van der Waals surface area contributed by atoms with E-state index in [1.54, 1.807) is 18.3 Å². The van der Waals surface area contributed by atoms with Crippen molar-refractivity contribution in [1.82, 2.24) is 20.2 Å². The molecule has 0 unspecified atom stereocenters. The van der Waals surface area contributed by atoms with E-state index in [2.05, 4.69) is 25.5 Å². The molecule has 2 atom stereocenters. The minimum Gasteiger partial charge on any atom is -0.362 e. The summed E-state index contributed by atoms with van der Waals surface area (Å²) in [5.41, 5.74) is 0.461. The van der Waals surface area contributed by atoms with Crippen LogP contribution in [0.3, 0.4) is 0 Å². The van der Waals surface area contributed by atoms with Crippen molar-refractivity contribution < 1.29 is 4.79 Å². The predicted molar refractivity (Wildman–Crippen MR) is 130 cm³/mol. The minimum atomic E-state index is -0.435. The van der Waals surface area contributed by atoms with E-state index in [4.69, 9.17) is 34.8 Å². The van der Waals surface area contributed by atoms with Crippen LogP contribution in [0.5, 0.6) is 0 Å². The van der Waals surface area contributed by atoms with Crippen LogP contribution in [0.2, 0.25) is 15.1 Å². The third-order valence-corrected chi connectivity index (χ3v) is 7.04. The van der Waals surface area contributed by atoms with Gasteiger partial charge in [-0.15, -0.1) is 0 Å². The number of hydrogen-bond acceptors (Lipinski definition) is 6. The molecule has 0 saturated carbocycles.